The highest BCUT2D eigenvalue weighted by atomic mass is 127. The quantitative estimate of drug-likeness (QED) is 0.755. The summed E-state index contributed by atoms with van der Waals surface area (Å²) in [5.74, 6) is -0.256. The molecule has 0 heterocycles. The van der Waals surface area contributed by atoms with Crippen molar-refractivity contribution in [3.8, 4) is 0 Å². The molecule has 0 spiro atoms. The second-order valence-electron chi connectivity index (χ2n) is 4.46. The van der Waals surface area contributed by atoms with Gasteiger partial charge >= 0.3 is 0 Å². The minimum absolute atomic E-state index is 0.256. The Morgan fingerprint density at radius 2 is 2.00 bits per heavy atom. The molecule has 2 rings (SSSR count). The van der Waals surface area contributed by atoms with Gasteiger partial charge in [0.05, 0.1) is 6.10 Å². The number of rotatable bonds is 3. The first kappa shape index (κ1) is 14.8. The molecule has 2 aromatic carbocycles. The molecule has 0 aromatic heterocycles. The van der Waals surface area contributed by atoms with Crippen LogP contribution in [0.25, 0.3) is 0 Å². The molecular formula is C15H13ClFIO. The molecule has 0 saturated heterocycles. The summed E-state index contributed by atoms with van der Waals surface area (Å²) in [6.45, 7) is 1.84. The number of benzene rings is 2. The third kappa shape index (κ3) is 3.68. The number of hydrogen-bond acceptors (Lipinski definition) is 1. The molecule has 0 aliphatic rings. The first-order valence-corrected chi connectivity index (χ1v) is 7.31. The van der Waals surface area contributed by atoms with Gasteiger partial charge in [-0.2, -0.15) is 0 Å². The molecule has 0 amide bonds. The van der Waals surface area contributed by atoms with E-state index < -0.39 is 6.10 Å². The number of hydrogen-bond donors (Lipinski definition) is 1. The van der Waals surface area contributed by atoms with Gasteiger partial charge in [0.1, 0.15) is 5.82 Å². The molecule has 100 valence electrons. The maximum atomic E-state index is 13.0. The first-order chi connectivity index (χ1) is 8.97. The van der Waals surface area contributed by atoms with E-state index in [0.29, 0.717) is 11.4 Å². The Labute approximate surface area is 130 Å². The van der Waals surface area contributed by atoms with Gasteiger partial charge in [-0.25, -0.2) is 4.39 Å². The number of aliphatic hydroxyl groups excluding tert-OH is 1. The van der Waals surface area contributed by atoms with Crippen LogP contribution in [0.2, 0.25) is 5.02 Å². The van der Waals surface area contributed by atoms with Crippen molar-refractivity contribution in [3.05, 3.63) is 67.5 Å². The van der Waals surface area contributed by atoms with Gasteiger partial charge in [0, 0.05) is 15.0 Å². The van der Waals surface area contributed by atoms with Gasteiger partial charge in [-0.3, -0.25) is 0 Å². The van der Waals surface area contributed by atoms with Crippen LogP contribution < -0.4 is 0 Å². The van der Waals surface area contributed by atoms with E-state index in [9.17, 15) is 9.50 Å². The molecule has 0 aliphatic carbocycles. The summed E-state index contributed by atoms with van der Waals surface area (Å²) in [6, 6.07) is 10.0. The average Bonchev–Trinajstić information content (AvgIpc) is 2.35. The van der Waals surface area contributed by atoms with Crippen molar-refractivity contribution < 1.29 is 9.50 Å². The molecule has 0 bridgehead atoms. The summed E-state index contributed by atoms with van der Waals surface area (Å²) in [6.07, 6.45) is -0.197. The van der Waals surface area contributed by atoms with Crippen LogP contribution in [0, 0.1) is 16.3 Å². The minimum Gasteiger partial charge on any atom is -0.388 e. The highest BCUT2D eigenvalue weighted by Crippen LogP contribution is 2.27. The lowest BCUT2D eigenvalue weighted by molar-refractivity contribution is 0.177. The predicted octanol–water partition coefficient (Wildman–Crippen LogP) is 4.67. The molecule has 1 nitrogen and oxygen atoms in total. The fourth-order valence-electron chi connectivity index (χ4n) is 1.98. The van der Waals surface area contributed by atoms with Crippen LogP contribution in [0.5, 0.6) is 0 Å². The van der Waals surface area contributed by atoms with Crippen molar-refractivity contribution in [2.45, 2.75) is 19.4 Å². The summed E-state index contributed by atoms with van der Waals surface area (Å²) in [5, 5.41) is 10.9. The van der Waals surface area contributed by atoms with E-state index in [1.54, 1.807) is 18.2 Å². The van der Waals surface area contributed by atoms with E-state index in [4.69, 9.17) is 11.6 Å². The fourth-order valence-corrected chi connectivity index (χ4v) is 2.85. The van der Waals surface area contributed by atoms with E-state index in [1.807, 2.05) is 13.0 Å². The zero-order chi connectivity index (χ0) is 14.0. The van der Waals surface area contributed by atoms with Crippen molar-refractivity contribution in [3.63, 3.8) is 0 Å². The Morgan fingerprint density at radius 1 is 1.26 bits per heavy atom. The van der Waals surface area contributed by atoms with Crippen molar-refractivity contribution >= 4 is 34.2 Å². The minimum atomic E-state index is -0.644. The van der Waals surface area contributed by atoms with Crippen molar-refractivity contribution in [2.75, 3.05) is 0 Å². The maximum Gasteiger partial charge on any atom is 0.123 e. The smallest absolute Gasteiger partial charge is 0.123 e. The molecule has 0 radical (unpaired) electrons. The highest BCUT2D eigenvalue weighted by molar-refractivity contribution is 14.1. The molecule has 4 heteroatoms. The molecule has 2 aromatic rings. The lowest BCUT2D eigenvalue weighted by Crippen LogP contribution is -2.05. The molecular weight excluding hydrogens is 378 g/mol. The van der Waals surface area contributed by atoms with Gasteiger partial charge in [-0.1, -0.05) is 17.7 Å². The lowest BCUT2D eigenvalue weighted by atomic mass is 9.98. The zero-order valence-corrected chi connectivity index (χ0v) is 13.2. The topological polar surface area (TPSA) is 20.2 Å². The van der Waals surface area contributed by atoms with Crippen LogP contribution in [0.4, 0.5) is 4.39 Å². The third-order valence-electron chi connectivity index (χ3n) is 3.03. The van der Waals surface area contributed by atoms with Gasteiger partial charge in [0.2, 0.25) is 0 Å². The van der Waals surface area contributed by atoms with Crippen LogP contribution in [0.3, 0.4) is 0 Å². The molecule has 1 unspecified atom stereocenters. The summed E-state index contributed by atoms with van der Waals surface area (Å²) >= 11 is 8.12. The van der Waals surface area contributed by atoms with Crippen LogP contribution in [-0.4, -0.2) is 5.11 Å². The standard InChI is InChI=1S/C15H13ClFIO/c1-9-6-12(17)4-2-10(9)7-15(19)13-8-11(16)3-5-14(13)18/h2-6,8,15,19H,7H2,1H3. The predicted molar refractivity (Wildman–Crippen MR) is 84.0 cm³/mol. The van der Waals surface area contributed by atoms with E-state index >= 15 is 0 Å². The molecule has 1 atom stereocenters. The Morgan fingerprint density at radius 3 is 2.68 bits per heavy atom. The largest absolute Gasteiger partial charge is 0.388 e. The van der Waals surface area contributed by atoms with Crippen LogP contribution >= 0.6 is 34.2 Å². The average molecular weight is 391 g/mol. The Hall–Kier alpha value is -0.650. The van der Waals surface area contributed by atoms with Crippen molar-refractivity contribution in [1.29, 1.82) is 0 Å². The Bertz CT molecular complexity index is 601. The van der Waals surface area contributed by atoms with Crippen LogP contribution in [0.15, 0.2) is 36.4 Å². The van der Waals surface area contributed by atoms with Crippen molar-refractivity contribution in [1.82, 2.24) is 0 Å². The first-order valence-electron chi connectivity index (χ1n) is 5.85. The highest BCUT2D eigenvalue weighted by Gasteiger charge is 2.14. The molecule has 0 saturated carbocycles. The fraction of sp³-hybridized carbons (Fsp3) is 0.200. The van der Waals surface area contributed by atoms with Gasteiger partial charge in [-0.05, 0) is 76.5 Å². The zero-order valence-electron chi connectivity index (χ0n) is 10.3. The van der Waals surface area contributed by atoms with Gasteiger partial charge < -0.3 is 5.11 Å². The second-order valence-corrected chi connectivity index (χ2v) is 6.06. The number of halogens is 3. The van der Waals surface area contributed by atoms with Crippen LogP contribution in [-0.2, 0) is 6.42 Å². The van der Waals surface area contributed by atoms with Crippen LogP contribution in [0.1, 0.15) is 22.8 Å². The summed E-state index contributed by atoms with van der Waals surface area (Å²) < 4.78 is 14.0. The number of aryl methyl sites for hydroxylation is 1. The molecule has 19 heavy (non-hydrogen) atoms. The molecule has 0 fully saturated rings. The second kappa shape index (κ2) is 6.20. The maximum absolute atomic E-state index is 13.0. The van der Waals surface area contributed by atoms with Gasteiger partial charge in [0.25, 0.3) is 0 Å². The van der Waals surface area contributed by atoms with E-state index in [-0.39, 0.29) is 5.82 Å². The summed E-state index contributed by atoms with van der Waals surface area (Å²) in [4.78, 5) is 0. The van der Waals surface area contributed by atoms with Gasteiger partial charge in [-0.15, -0.1) is 0 Å². The molecule has 0 aliphatic heterocycles. The number of aliphatic hydroxyl groups is 1. The van der Waals surface area contributed by atoms with Crippen molar-refractivity contribution in [2.24, 2.45) is 0 Å². The van der Waals surface area contributed by atoms with E-state index in [1.165, 1.54) is 12.1 Å². The monoisotopic (exact) mass is 390 g/mol. The normalized spacial score (nSPS) is 12.5. The van der Waals surface area contributed by atoms with Gasteiger partial charge in [0.15, 0.2) is 0 Å². The molecule has 1 N–H and O–H groups in total. The van der Waals surface area contributed by atoms with E-state index in [2.05, 4.69) is 22.6 Å². The summed E-state index contributed by atoms with van der Waals surface area (Å²) in [7, 11) is 0. The third-order valence-corrected chi connectivity index (χ3v) is 4.25. The SMILES string of the molecule is Cc1cc(F)ccc1CC(O)c1cc(Cl)ccc1I. The lowest BCUT2D eigenvalue weighted by Gasteiger charge is -2.15. The van der Waals surface area contributed by atoms with E-state index in [0.717, 1.165) is 20.3 Å². The Balaban J connectivity index is 2.25. The Kier molecular flexibility index (Phi) is 4.81. The summed E-state index contributed by atoms with van der Waals surface area (Å²) in [5.41, 5.74) is 2.58.